The molecule has 3 rings (SSSR count). The minimum atomic E-state index is -0.970. The fraction of sp³-hybridized carbons (Fsp3) is 0.286. The Kier molecular flexibility index (Phi) is 6.23. The first kappa shape index (κ1) is 18.6. The van der Waals surface area contributed by atoms with E-state index in [4.69, 9.17) is 9.84 Å². The lowest BCUT2D eigenvalue weighted by molar-refractivity contribution is -0.139. The predicted molar refractivity (Wildman–Crippen MR) is 102 cm³/mol. The molecule has 0 radical (unpaired) electrons. The molecule has 1 aromatic carbocycles. The van der Waals surface area contributed by atoms with E-state index in [1.807, 2.05) is 45.0 Å². The number of H-pyrrole nitrogens is 1. The van der Waals surface area contributed by atoms with Crippen LogP contribution in [0.2, 0.25) is 0 Å². The number of aromatic nitrogens is 1. The molecule has 0 saturated carbocycles. The van der Waals surface area contributed by atoms with Crippen LogP contribution >= 0.6 is 0 Å². The average Bonchev–Trinajstić information content (AvgIpc) is 2.99. The fourth-order valence-corrected chi connectivity index (χ4v) is 3.16. The third-order valence-electron chi connectivity index (χ3n) is 4.10. The van der Waals surface area contributed by atoms with Crippen LogP contribution in [-0.2, 0) is 17.6 Å². The van der Waals surface area contributed by atoms with Gasteiger partial charge in [-0.1, -0.05) is 32.6 Å². The highest BCUT2D eigenvalue weighted by atomic mass is 16.5. The minimum Gasteiger partial charge on any atom is -0.482 e. The summed E-state index contributed by atoms with van der Waals surface area (Å²) in [7, 11) is 0. The van der Waals surface area contributed by atoms with E-state index in [0.29, 0.717) is 5.75 Å². The number of fused-ring (bicyclic) bond motifs is 3. The molecule has 0 amide bonds. The second-order valence-electron chi connectivity index (χ2n) is 5.50. The van der Waals surface area contributed by atoms with Crippen LogP contribution in [0.5, 0.6) is 5.75 Å². The number of aliphatic carboxylic acids is 1. The zero-order chi connectivity index (χ0) is 18.4. The van der Waals surface area contributed by atoms with Crippen molar-refractivity contribution in [2.24, 2.45) is 0 Å². The Morgan fingerprint density at radius 2 is 2.12 bits per heavy atom. The summed E-state index contributed by atoms with van der Waals surface area (Å²) in [5.41, 5.74) is 4.79. The summed E-state index contributed by atoms with van der Waals surface area (Å²) in [5.74, 6) is -0.372. The van der Waals surface area contributed by atoms with Gasteiger partial charge in [0.25, 0.3) is 0 Å². The van der Waals surface area contributed by atoms with E-state index in [2.05, 4.69) is 17.6 Å². The number of allylic oxidation sites excluding steroid dienone is 1. The van der Waals surface area contributed by atoms with Gasteiger partial charge in [-0.15, -0.1) is 0 Å². The molecular formula is C21H25NO3. The van der Waals surface area contributed by atoms with Gasteiger partial charge in [0.1, 0.15) is 5.75 Å². The summed E-state index contributed by atoms with van der Waals surface area (Å²) < 4.78 is 5.27. The van der Waals surface area contributed by atoms with E-state index in [-0.39, 0.29) is 6.61 Å². The second kappa shape index (κ2) is 8.38. The zero-order valence-electron chi connectivity index (χ0n) is 15.1. The third kappa shape index (κ3) is 3.85. The van der Waals surface area contributed by atoms with Gasteiger partial charge in [-0.25, -0.2) is 4.79 Å². The molecule has 0 fully saturated rings. The minimum absolute atomic E-state index is 0.320. The topological polar surface area (TPSA) is 62.3 Å². The van der Waals surface area contributed by atoms with Gasteiger partial charge < -0.3 is 14.8 Å². The Morgan fingerprint density at radius 1 is 1.36 bits per heavy atom. The lowest BCUT2D eigenvalue weighted by atomic mass is 9.89. The van der Waals surface area contributed by atoms with Gasteiger partial charge in [0.2, 0.25) is 0 Å². The fourth-order valence-electron chi connectivity index (χ4n) is 3.16. The monoisotopic (exact) mass is 339 g/mol. The van der Waals surface area contributed by atoms with E-state index in [1.165, 1.54) is 16.3 Å². The molecule has 1 aromatic heterocycles. The Morgan fingerprint density at radius 3 is 2.76 bits per heavy atom. The maximum absolute atomic E-state index is 10.6. The van der Waals surface area contributed by atoms with Gasteiger partial charge in [0, 0.05) is 16.6 Å². The van der Waals surface area contributed by atoms with Crippen molar-refractivity contribution in [3.8, 4) is 17.0 Å². The molecule has 1 aliphatic carbocycles. The number of aryl methyl sites for hydroxylation is 1. The van der Waals surface area contributed by atoms with Gasteiger partial charge in [-0.3, -0.25) is 0 Å². The molecular weight excluding hydrogens is 314 g/mol. The van der Waals surface area contributed by atoms with E-state index in [0.717, 1.165) is 29.4 Å². The normalized spacial score (nSPS) is 13.4. The first-order valence-electron chi connectivity index (χ1n) is 8.62. The molecule has 25 heavy (non-hydrogen) atoms. The van der Waals surface area contributed by atoms with E-state index in [9.17, 15) is 4.79 Å². The quantitative estimate of drug-likeness (QED) is 0.900. The van der Waals surface area contributed by atoms with Crippen molar-refractivity contribution in [3.05, 3.63) is 52.5 Å². The molecule has 0 unspecified atom stereocenters. The molecule has 132 valence electrons. The highest BCUT2D eigenvalue weighted by Gasteiger charge is 2.19. The number of ether oxygens (including phenoxy) is 1. The van der Waals surface area contributed by atoms with E-state index in [1.54, 1.807) is 6.08 Å². The molecule has 0 aliphatic heterocycles. The summed E-state index contributed by atoms with van der Waals surface area (Å²) in [5, 5.41) is 11.0. The van der Waals surface area contributed by atoms with Crippen LogP contribution in [0.3, 0.4) is 0 Å². The molecule has 0 bridgehead atoms. The lowest BCUT2D eigenvalue weighted by Gasteiger charge is -2.17. The standard InChI is InChI=1S/C19H19NO3.C2H6/c1-3-5-17-14(4-2)16-8-6-12-10-13(23-11-18(21)22)7-9-15(12)19(16)20-17;1-2/h3-5,7,9-10,20H,1,6,8,11H2,2H3,(H,21,22);1-2H3/b14-4-,17-5+;. The van der Waals surface area contributed by atoms with Crippen LogP contribution < -0.4 is 15.3 Å². The van der Waals surface area contributed by atoms with Crippen LogP contribution in [0.1, 0.15) is 31.9 Å². The first-order valence-corrected chi connectivity index (χ1v) is 8.62. The molecule has 0 saturated heterocycles. The van der Waals surface area contributed by atoms with Gasteiger partial charge in [-0.2, -0.15) is 0 Å². The van der Waals surface area contributed by atoms with Crippen LogP contribution in [0, 0.1) is 0 Å². The SMILES string of the molecule is C=C/C=c1/[nH]c2c(/c1=C/C)CCc1cc(OCC(=O)O)ccc1-2.CC. The number of nitrogens with one attached hydrogen (secondary N) is 1. The van der Waals surface area contributed by atoms with Gasteiger partial charge in [-0.05, 0) is 60.4 Å². The van der Waals surface area contributed by atoms with E-state index >= 15 is 0 Å². The van der Waals surface area contributed by atoms with Gasteiger partial charge in [0.05, 0.1) is 0 Å². The van der Waals surface area contributed by atoms with Crippen molar-refractivity contribution < 1.29 is 14.6 Å². The molecule has 2 aromatic rings. The molecule has 0 spiro atoms. The van der Waals surface area contributed by atoms with Crippen molar-refractivity contribution in [3.63, 3.8) is 0 Å². The Balaban J connectivity index is 0.00000109. The van der Waals surface area contributed by atoms with Crippen LogP contribution in [0.25, 0.3) is 23.4 Å². The maximum atomic E-state index is 10.6. The first-order chi connectivity index (χ1) is 12.1. The van der Waals surface area contributed by atoms with Crippen LogP contribution in [0.15, 0.2) is 30.9 Å². The van der Waals surface area contributed by atoms with Crippen LogP contribution in [-0.4, -0.2) is 22.7 Å². The molecule has 4 nitrogen and oxygen atoms in total. The summed E-state index contributed by atoms with van der Waals surface area (Å²) in [4.78, 5) is 14.1. The lowest BCUT2D eigenvalue weighted by Crippen LogP contribution is -2.24. The largest absolute Gasteiger partial charge is 0.482 e. The van der Waals surface area contributed by atoms with E-state index < -0.39 is 5.97 Å². The smallest absolute Gasteiger partial charge is 0.341 e. The number of aromatic amines is 1. The highest BCUT2D eigenvalue weighted by molar-refractivity contribution is 5.72. The molecule has 2 N–H and O–H groups in total. The molecule has 0 atom stereocenters. The van der Waals surface area contributed by atoms with Crippen LogP contribution in [0.4, 0.5) is 0 Å². The summed E-state index contributed by atoms with van der Waals surface area (Å²) in [6.45, 7) is 9.50. The highest BCUT2D eigenvalue weighted by Crippen LogP contribution is 2.32. The summed E-state index contributed by atoms with van der Waals surface area (Å²) in [6.07, 6.45) is 7.76. The average molecular weight is 339 g/mol. The molecule has 4 heteroatoms. The third-order valence-corrected chi connectivity index (χ3v) is 4.10. The van der Waals surface area contributed by atoms with Crippen molar-refractivity contribution in [1.82, 2.24) is 4.98 Å². The van der Waals surface area contributed by atoms with Gasteiger partial charge in [0.15, 0.2) is 6.61 Å². The van der Waals surface area contributed by atoms with Crippen molar-refractivity contribution in [2.45, 2.75) is 33.6 Å². The predicted octanol–water partition coefficient (Wildman–Crippen LogP) is 3.04. The Labute approximate surface area is 148 Å². The molecule has 1 aliphatic rings. The number of hydrogen-bond donors (Lipinski definition) is 2. The number of carbonyl (C=O) groups is 1. The Hall–Kier alpha value is -2.75. The summed E-state index contributed by atoms with van der Waals surface area (Å²) >= 11 is 0. The summed E-state index contributed by atoms with van der Waals surface area (Å²) in [6, 6.07) is 5.76. The Bertz CT molecular complexity index is 891. The maximum Gasteiger partial charge on any atom is 0.341 e. The zero-order valence-corrected chi connectivity index (χ0v) is 15.1. The number of rotatable bonds is 4. The number of benzene rings is 1. The molecule has 1 heterocycles. The van der Waals surface area contributed by atoms with Crippen molar-refractivity contribution in [1.29, 1.82) is 0 Å². The number of carboxylic acid groups (broad SMARTS) is 1. The van der Waals surface area contributed by atoms with Gasteiger partial charge >= 0.3 is 5.97 Å². The second-order valence-corrected chi connectivity index (χ2v) is 5.50. The van der Waals surface area contributed by atoms with Crippen molar-refractivity contribution in [2.75, 3.05) is 6.61 Å². The van der Waals surface area contributed by atoms with Crippen molar-refractivity contribution >= 4 is 18.1 Å². The number of carboxylic acids is 1. The number of hydrogen-bond acceptors (Lipinski definition) is 2.